The molecule has 106 valence electrons. The van der Waals surface area contributed by atoms with Crippen LogP contribution in [0.3, 0.4) is 0 Å². The zero-order chi connectivity index (χ0) is 14.3. The first-order chi connectivity index (χ1) is 9.65. The second-order valence-corrected chi connectivity index (χ2v) is 6.19. The van der Waals surface area contributed by atoms with Gasteiger partial charge in [0.2, 0.25) is 0 Å². The minimum absolute atomic E-state index is 0.257. The summed E-state index contributed by atoms with van der Waals surface area (Å²) in [4.78, 5) is 12.1. The predicted molar refractivity (Wildman–Crippen MR) is 83.2 cm³/mol. The van der Waals surface area contributed by atoms with Crippen LogP contribution in [0.1, 0.15) is 47.5 Å². The number of nitrogens with zero attached hydrogens (tertiary/aromatic N) is 1. The third-order valence-corrected chi connectivity index (χ3v) is 5.32. The minimum Gasteiger partial charge on any atom is -0.465 e. The van der Waals surface area contributed by atoms with Gasteiger partial charge in [-0.1, -0.05) is 18.9 Å². The molecule has 0 N–H and O–H groups in total. The summed E-state index contributed by atoms with van der Waals surface area (Å²) in [6.07, 6.45) is 4.95. The number of methoxy groups -OCH3 is 1. The summed E-state index contributed by atoms with van der Waals surface area (Å²) >= 11 is 3.72. The molecule has 3 rings (SSSR count). The number of aromatic nitrogens is 1. The highest BCUT2D eigenvalue weighted by Crippen LogP contribution is 2.43. The Morgan fingerprint density at radius 1 is 1.35 bits per heavy atom. The van der Waals surface area contributed by atoms with E-state index in [1.54, 1.807) is 0 Å². The van der Waals surface area contributed by atoms with Gasteiger partial charge < -0.3 is 9.30 Å². The number of halogens is 1. The van der Waals surface area contributed by atoms with Crippen LogP contribution in [-0.4, -0.2) is 17.6 Å². The van der Waals surface area contributed by atoms with Gasteiger partial charge in [-0.25, -0.2) is 4.79 Å². The van der Waals surface area contributed by atoms with Crippen molar-refractivity contribution >= 4 is 32.8 Å². The predicted octanol–water partition coefficient (Wildman–Crippen LogP) is 4.39. The summed E-state index contributed by atoms with van der Waals surface area (Å²) in [5, 5.41) is 1.06. The van der Waals surface area contributed by atoms with Gasteiger partial charge in [-0.2, -0.15) is 0 Å². The molecule has 1 aromatic carbocycles. The van der Waals surface area contributed by atoms with E-state index in [1.807, 2.05) is 19.2 Å². The van der Waals surface area contributed by atoms with Crippen LogP contribution in [0.25, 0.3) is 10.9 Å². The van der Waals surface area contributed by atoms with Crippen molar-refractivity contribution in [3.63, 3.8) is 0 Å². The number of aryl methyl sites for hydroxylation is 1. The SMILES string of the molecule is COC(=O)c1cccc2c1c(C1CCCC1)c(Br)n2C. The molecule has 3 nitrogen and oxygen atoms in total. The normalized spacial score (nSPS) is 15.9. The van der Waals surface area contributed by atoms with Gasteiger partial charge >= 0.3 is 5.97 Å². The van der Waals surface area contributed by atoms with Crippen LogP contribution in [0.5, 0.6) is 0 Å². The van der Waals surface area contributed by atoms with E-state index in [0.29, 0.717) is 11.5 Å². The van der Waals surface area contributed by atoms with Crippen molar-refractivity contribution in [2.24, 2.45) is 7.05 Å². The molecule has 0 atom stereocenters. The molecule has 1 saturated carbocycles. The second kappa shape index (κ2) is 5.24. The quantitative estimate of drug-likeness (QED) is 0.762. The van der Waals surface area contributed by atoms with Gasteiger partial charge in [0.25, 0.3) is 0 Å². The summed E-state index contributed by atoms with van der Waals surface area (Å²) in [5.41, 5.74) is 3.04. The smallest absolute Gasteiger partial charge is 0.338 e. The van der Waals surface area contributed by atoms with Crippen molar-refractivity contribution in [1.29, 1.82) is 0 Å². The van der Waals surface area contributed by atoms with Gasteiger partial charge in [0.05, 0.1) is 17.3 Å². The topological polar surface area (TPSA) is 31.2 Å². The Morgan fingerprint density at radius 2 is 2.05 bits per heavy atom. The maximum atomic E-state index is 12.1. The molecule has 0 unspecified atom stereocenters. The average molecular weight is 336 g/mol. The number of carbonyl (C=O) groups is 1. The van der Waals surface area contributed by atoms with Gasteiger partial charge in [0.15, 0.2) is 0 Å². The molecule has 1 fully saturated rings. The molecule has 0 bridgehead atoms. The summed E-state index contributed by atoms with van der Waals surface area (Å²) < 4.78 is 8.16. The molecule has 0 radical (unpaired) electrons. The highest BCUT2D eigenvalue weighted by molar-refractivity contribution is 9.10. The Balaban J connectivity index is 2.31. The first-order valence-corrected chi connectivity index (χ1v) is 7.79. The number of benzene rings is 1. The number of fused-ring (bicyclic) bond motifs is 1. The van der Waals surface area contributed by atoms with Crippen LogP contribution in [0.15, 0.2) is 22.8 Å². The van der Waals surface area contributed by atoms with Crippen molar-refractivity contribution in [3.8, 4) is 0 Å². The highest BCUT2D eigenvalue weighted by atomic mass is 79.9. The molecule has 0 spiro atoms. The van der Waals surface area contributed by atoms with E-state index in [9.17, 15) is 4.79 Å². The van der Waals surface area contributed by atoms with E-state index in [0.717, 1.165) is 15.5 Å². The molecule has 1 heterocycles. The molecule has 4 heteroatoms. The molecule has 2 aromatic rings. The van der Waals surface area contributed by atoms with E-state index in [-0.39, 0.29) is 5.97 Å². The number of rotatable bonds is 2. The molecule has 1 aromatic heterocycles. The third kappa shape index (κ3) is 1.97. The van der Waals surface area contributed by atoms with E-state index in [4.69, 9.17) is 4.74 Å². The zero-order valence-corrected chi connectivity index (χ0v) is 13.4. The van der Waals surface area contributed by atoms with Gasteiger partial charge in [-0.3, -0.25) is 0 Å². The lowest BCUT2D eigenvalue weighted by Crippen LogP contribution is -2.03. The van der Waals surface area contributed by atoms with Crippen LogP contribution in [0.4, 0.5) is 0 Å². The molecular formula is C16H18BrNO2. The van der Waals surface area contributed by atoms with Gasteiger partial charge in [0.1, 0.15) is 0 Å². The number of ether oxygens (including phenoxy) is 1. The fourth-order valence-electron chi connectivity index (χ4n) is 3.36. The Hall–Kier alpha value is -1.29. The van der Waals surface area contributed by atoms with Crippen LogP contribution >= 0.6 is 15.9 Å². The lowest BCUT2D eigenvalue weighted by atomic mass is 9.94. The van der Waals surface area contributed by atoms with Crippen molar-refractivity contribution < 1.29 is 9.53 Å². The van der Waals surface area contributed by atoms with Crippen molar-refractivity contribution in [2.75, 3.05) is 7.11 Å². The van der Waals surface area contributed by atoms with Crippen LogP contribution < -0.4 is 0 Å². The molecule has 0 amide bonds. The zero-order valence-electron chi connectivity index (χ0n) is 11.8. The third-order valence-electron chi connectivity index (χ3n) is 4.36. The van der Waals surface area contributed by atoms with Crippen molar-refractivity contribution in [3.05, 3.63) is 33.9 Å². The van der Waals surface area contributed by atoms with E-state index in [2.05, 4.69) is 26.6 Å². The molecule has 0 saturated heterocycles. The Bertz CT molecular complexity index is 669. The Kier molecular flexibility index (Phi) is 3.59. The number of carbonyl (C=O) groups excluding carboxylic acids is 1. The van der Waals surface area contributed by atoms with E-state index < -0.39 is 0 Å². The Morgan fingerprint density at radius 3 is 2.70 bits per heavy atom. The summed E-state index contributed by atoms with van der Waals surface area (Å²) in [6, 6.07) is 5.84. The monoisotopic (exact) mass is 335 g/mol. The maximum absolute atomic E-state index is 12.1. The molecule has 0 aliphatic heterocycles. The van der Waals surface area contributed by atoms with Crippen molar-refractivity contribution in [1.82, 2.24) is 4.57 Å². The van der Waals surface area contributed by atoms with E-state index in [1.165, 1.54) is 38.4 Å². The lowest BCUT2D eigenvalue weighted by molar-refractivity contribution is 0.0603. The highest BCUT2D eigenvalue weighted by Gasteiger charge is 2.27. The average Bonchev–Trinajstić information content (AvgIpc) is 3.06. The first-order valence-electron chi connectivity index (χ1n) is 7.00. The van der Waals surface area contributed by atoms with Crippen LogP contribution in [-0.2, 0) is 11.8 Å². The van der Waals surface area contributed by atoms with Crippen LogP contribution in [0, 0.1) is 0 Å². The largest absolute Gasteiger partial charge is 0.465 e. The first kappa shape index (κ1) is 13.7. The fourth-order valence-corrected chi connectivity index (χ4v) is 4.07. The summed E-state index contributed by atoms with van der Waals surface area (Å²) in [6.45, 7) is 0. The minimum atomic E-state index is -0.257. The van der Waals surface area contributed by atoms with Crippen molar-refractivity contribution in [2.45, 2.75) is 31.6 Å². The maximum Gasteiger partial charge on any atom is 0.338 e. The van der Waals surface area contributed by atoms with Gasteiger partial charge in [-0.15, -0.1) is 0 Å². The Labute approximate surface area is 127 Å². The van der Waals surface area contributed by atoms with Gasteiger partial charge in [-0.05, 0) is 52.4 Å². The van der Waals surface area contributed by atoms with E-state index >= 15 is 0 Å². The summed E-state index contributed by atoms with van der Waals surface area (Å²) in [7, 11) is 3.47. The molecule has 1 aliphatic carbocycles. The fraction of sp³-hybridized carbons (Fsp3) is 0.438. The molecule has 1 aliphatic rings. The number of hydrogen-bond donors (Lipinski definition) is 0. The lowest BCUT2D eigenvalue weighted by Gasteiger charge is -2.11. The van der Waals surface area contributed by atoms with Crippen LogP contribution in [0.2, 0.25) is 0 Å². The second-order valence-electron chi connectivity index (χ2n) is 5.44. The summed E-state index contributed by atoms with van der Waals surface area (Å²) in [5.74, 6) is 0.284. The molecule has 20 heavy (non-hydrogen) atoms. The number of esters is 1. The number of hydrogen-bond acceptors (Lipinski definition) is 2. The standard InChI is InChI=1S/C16H18BrNO2/c1-18-12-9-5-8-11(16(19)20-2)14(12)13(15(18)17)10-6-3-4-7-10/h5,8-10H,3-4,6-7H2,1-2H3. The molecular weight excluding hydrogens is 318 g/mol. The van der Waals surface area contributed by atoms with Gasteiger partial charge in [0, 0.05) is 18.0 Å².